The van der Waals surface area contributed by atoms with Crippen LogP contribution in [0.4, 0.5) is 5.69 Å². The first-order valence-corrected chi connectivity index (χ1v) is 8.06. The Kier molecular flexibility index (Phi) is 7.14. The Morgan fingerprint density at radius 1 is 1.22 bits per heavy atom. The summed E-state index contributed by atoms with van der Waals surface area (Å²) in [6.07, 6.45) is 0.956. The average molecular weight is 290 g/mol. The Balaban J connectivity index is 1.93. The lowest BCUT2D eigenvalue weighted by Gasteiger charge is -2.07. The zero-order valence-corrected chi connectivity index (χ0v) is 11.6. The lowest BCUT2D eigenvalue weighted by Crippen LogP contribution is -2.23. The maximum Gasteiger partial charge on any atom is 0.266 e. The van der Waals surface area contributed by atoms with E-state index in [1.54, 1.807) is 0 Å². The Morgan fingerprint density at radius 2 is 1.94 bits per heavy atom. The summed E-state index contributed by atoms with van der Waals surface area (Å²) in [7, 11) is -3.48. The van der Waals surface area contributed by atoms with Gasteiger partial charge >= 0.3 is 0 Å². The van der Waals surface area contributed by atoms with Gasteiger partial charge in [-0.25, -0.2) is 0 Å². The van der Waals surface area contributed by atoms with Crippen LogP contribution in [0.15, 0.2) is 30.3 Å². The van der Waals surface area contributed by atoms with Gasteiger partial charge in [0.15, 0.2) is 0 Å². The summed E-state index contributed by atoms with van der Waals surface area (Å²) in [5.74, 6) is 0. The molecule has 0 fully saturated rings. The number of anilines is 1. The van der Waals surface area contributed by atoms with Gasteiger partial charge in [-0.3, -0.25) is 8.74 Å². The highest BCUT2D eigenvalue weighted by Crippen LogP contribution is 2.03. The normalized spacial score (nSPS) is 14.1. The average Bonchev–Trinajstić information content (AvgIpc) is 2.32. The fourth-order valence-corrected chi connectivity index (χ4v) is 1.84. The monoisotopic (exact) mass is 290 g/mol. The summed E-state index contributed by atoms with van der Waals surface area (Å²) < 4.78 is 23.8. The molecule has 0 amide bonds. The van der Waals surface area contributed by atoms with Crippen molar-refractivity contribution in [2.24, 2.45) is 0 Å². The van der Waals surface area contributed by atoms with Gasteiger partial charge in [-0.1, -0.05) is 18.2 Å². The summed E-state index contributed by atoms with van der Waals surface area (Å²) >= 11 is 4.18. The maximum atomic E-state index is 10.6. The number of nitrogens with one attached hydrogen (secondary N) is 2. The van der Waals surface area contributed by atoms with Gasteiger partial charge in [0.05, 0.1) is 6.61 Å². The van der Waals surface area contributed by atoms with Crippen LogP contribution in [0.5, 0.6) is 0 Å². The van der Waals surface area contributed by atoms with Gasteiger partial charge in [-0.05, 0) is 25.1 Å². The molecule has 18 heavy (non-hydrogen) atoms. The van der Waals surface area contributed by atoms with Gasteiger partial charge in [0.2, 0.25) is 0 Å². The second-order valence-corrected chi connectivity index (χ2v) is 6.00. The van der Waals surface area contributed by atoms with Crippen molar-refractivity contribution in [2.75, 3.05) is 31.6 Å². The predicted octanol–water partition coefficient (Wildman–Crippen LogP) is 1.23. The first kappa shape index (κ1) is 15.3. The Labute approximate surface area is 113 Å². The Morgan fingerprint density at radius 3 is 2.61 bits per heavy atom. The molecule has 0 aliphatic rings. The second kappa shape index (κ2) is 8.39. The van der Waals surface area contributed by atoms with Gasteiger partial charge in [0, 0.05) is 30.0 Å². The molecular weight excluding hydrogens is 272 g/mol. The van der Waals surface area contributed by atoms with Crippen molar-refractivity contribution in [2.45, 2.75) is 6.42 Å². The SMILES string of the molecule is O=S(O)(=S)OCCNCCCNc1ccccc1. The molecule has 3 N–H and O–H groups in total. The molecule has 0 heterocycles. The van der Waals surface area contributed by atoms with E-state index in [9.17, 15) is 4.21 Å². The number of benzene rings is 1. The van der Waals surface area contributed by atoms with Crippen LogP contribution in [0.25, 0.3) is 0 Å². The second-order valence-electron chi connectivity index (χ2n) is 3.65. The molecule has 0 aliphatic heterocycles. The Hall–Kier alpha value is -0.730. The van der Waals surface area contributed by atoms with E-state index in [1.165, 1.54) is 0 Å². The molecule has 1 aromatic rings. The van der Waals surface area contributed by atoms with E-state index >= 15 is 0 Å². The summed E-state index contributed by atoms with van der Waals surface area (Å²) in [6.45, 7) is 2.34. The van der Waals surface area contributed by atoms with Crippen molar-refractivity contribution >= 4 is 25.9 Å². The molecule has 0 bridgehead atoms. The molecule has 1 aromatic carbocycles. The van der Waals surface area contributed by atoms with Crippen molar-refractivity contribution in [3.05, 3.63) is 30.3 Å². The van der Waals surface area contributed by atoms with Gasteiger partial charge in [-0.2, -0.15) is 4.21 Å². The molecule has 0 spiro atoms. The van der Waals surface area contributed by atoms with E-state index in [0.29, 0.717) is 6.54 Å². The molecule has 0 aliphatic carbocycles. The molecule has 7 heteroatoms. The molecule has 1 unspecified atom stereocenters. The van der Waals surface area contributed by atoms with Crippen LogP contribution < -0.4 is 10.6 Å². The van der Waals surface area contributed by atoms with Crippen LogP contribution >= 0.6 is 0 Å². The minimum absolute atomic E-state index is 0.144. The van der Waals surface area contributed by atoms with Crippen LogP contribution in [-0.2, 0) is 24.4 Å². The topological polar surface area (TPSA) is 70.6 Å². The van der Waals surface area contributed by atoms with E-state index in [2.05, 4.69) is 26.0 Å². The summed E-state index contributed by atoms with van der Waals surface area (Å²) in [4.78, 5) is 0. The zero-order chi connectivity index (χ0) is 13.3. The molecule has 102 valence electrons. The highest BCUT2D eigenvalue weighted by atomic mass is 32.9. The number of hydrogen-bond donors (Lipinski definition) is 3. The van der Waals surface area contributed by atoms with E-state index in [-0.39, 0.29) is 6.61 Å². The van der Waals surface area contributed by atoms with Crippen molar-refractivity contribution in [3.8, 4) is 0 Å². The highest BCUT2D eigenvalue weighted by Gasteiger charge is 1.98. The van der Waals surface area contributed by atoms with E-state index in [0.717, 1.165) is 25.2 Å². The van der Waals surface area contributed by atoms with E-state index in [1.807, 2.05) is 30.3 Å². The lowest BCUT2D eigenvalue weighted by molar-refractivity contribution is 0.302. The zero-order valence-electron chi connectivity index (χ0n) is 10.0. The Bertz CT molecular complexity index is 423. The molecule has 1 rings (SSSR count). The van der Waals surface area contributed by atoms with Crippen molar-refractivity contribution < 1.29 is 12.9 Å². The summed E-state index contributed by atoms with van der Waals surface area (Å²) in [5, 5.41) is 6.38. The summed E-state index contributed by atoms with van der Waals surface area (Å²) in [6, 6.07) is 9.98. The van der Waals surface area contributed by atoms with Crippen LogP contribution in [0, 0.1) is 0 Å². The molecule has 0 aromatic heterocycles. The van der Waals surface area contributed by atoms with Crippen LogP contribution in [0.2, 0.25) is 0 Å². The number of rotatable bonds is 9. The number of hydrogen-bond acceptors (Lipinski definition) is 5. The van der Waals surface area contributed by atoms with Crippen LogP contribution in [0.3, 0.4) is 0 Å². The summed E-state index contributed by atoms with van der Waals surface area (Å²) in [5.41, 5.74) is 1.10. The van der Waals surface area contributed by atoms with Crippen molar-refractivity contribution in [1.82, 2.24) is 5.32 Å². The fraction of sp³-hybridized carbons (Fsp3) is 0.455. The van der Waals surface area contributed by atoms with Crippen molar-refractivity contribution in [3.63, 3.8) is 0 Å². The standard InChI is InChI=1S/C11H18N2O3S2/c14-18(15,17)16-10-9-12-7-4-8-13-11-5-2-1-3-6-11/h1-3,5-6,12-13H,4,7-10H2,(H,14,15,17). The minimum Gasteiger partial charge on any atom is -0.385 e. The van der Waals surface area contributed by atoms with Gasteiger partial charge in [0.1, 0.15) is 0 Å². The van der Waals surface area contributed by atoms with E-state index in [4.69, 9.17) is 4.55 Å². The first-order valence-electron chi connectivity index (χ1n) is 5.69. The highest BCUT2D eigenvalue weighted by molar-refractivity contribution is 8.27. The molecular formula is C11H18N2O3S2. The molecule has 0 saturated heterocycles. The van der Waals surface area contributed by atoms with Gasteiger partial charge in [0.25, 0.3) is 9.05 Å². The predicted molar refractivity (Wildman–Crippen MR) is 76.5 cm³/mol. The van der Waals surface area contributed by atoms with Crippen LogP contribution in [-0.4, -0.2) is 35.0 Å². The molecule has 5 nitrogen and oxygen atoms in total. The van der Waals surface area contributed by atoms with Crippen molar-refractivity contribution in [1.29, 1.82) is 0 Å². The van der Waals surface area contributed by atoms with E-state index < -0.39 is 9.05 Å². The third kappa shape index (κ3) is 8.37. The third-order valence-electron chi connectivity index (χ3n) is 2.14. The fourth-order valence-electron chi connectivity index (χ4n) is 1.35. The maximum absolute atomic E-state index is 10.6. The smallest absolute Gasteiger partial charge is 0.266 e. The third-order valence-corrected chi connectivity index (χ3v) is 2.90. The van der Waals surface area contributed by atoms with Gasteiger partial charge < -0.3 is 10.6 Å². The lowest BCUT2D eigenvalue weighted by atomic mass is 10.3. The van der Waals surface area contributed by atoms with Crippen LogP contribution in [0.1, 0.15) is 6.42 Å². The number of para-hydroxylation sites is 1. The molecule has 0 saturated carbocycles. The first-order chi connectivity index (χ1) is 8.58. The minimum atomic E-state index is -3.48. The van der Waals surface area contributed by atoms with Gasteiger partial charge in [-0.15, -0.1) is 0 Å². The quantitative estimate of drug-likeness (QED) is 0.594. The molecule has 1 atom stereocenters. The largest absolute Gasteiger partial charge is 0.385 e. The molecule has 0 radical (unpaired) electrons.